The molecule has 0 aliphatic rings. The van der Waals surface area contributed by atoms with E-state index in [9.17, 15) is 4.79 Å². The predicted octanol–water partition coefficient (Wildman–Crippen LogP) is 4.77. The van der Waals surface area contributed by atoms with E-state index < -0.39 is 5.97 Å². The zero-order chi connectivity index (χ0) is 12.1. The van der Waals surface area contributed by atoms with Gasteiger partial charge in [-0.1, -0.05) is 71.1 Å². The molecule has 0 atom stereocenters. The number of rotatable bonds is 12. The third-order valence-electron chi connectivity index (χ3n) is 2.99. The van der Waals surface area contributed by atoms with Crippen LogP contribution in [0.25, 0.3) is 0 Å². The molecule has 102 valence electrons. The maximum atomic E-state index is 10.3. The summed E-state index contributed by atoms with van der Waals surface area (Å²) in [5, 5.41) is 8.46. The minimum atomic E-state index is -0.657. The molecule has 0 aliphatic heterocycles. The maximum absolute atomic E-state index is 10.3. The van der Waals surface area contributed by atoms with Crippen molar-refractivity contribution in [3.8, 4) is 0 Å². The van der Waals surface area contributed by atoms with Crippen molar-refractivity contribution in [2.45, 2.75) is 84.0 Å². The first-order valence-electron chi connectivity index (χ1n) is 6.99. The predicted molar refractivity (Wildman–Crippen MR) is 68.7 cm³/mol. The molecule has 0 aliphatic carbocycles. The second-order valence-corrected chi connectivity index (χ2v) is 4.68. The van der Waals surface area contributed by atoms with Crippen LogP contribution in [0, 0.1) is 0 Å². The zero-order valence-electron chi connectivity index (χ0n) is 11.2. The van der Waals surface area contributed by atoms with Crippen molar-refractivity contribution >= 4 is 5.97 Å². The zero-order valence-corrected chi connectivity index (χ0v) is 12.5. The van der Waals surface area contributed by atoms with Crippen LogP contribution in [0.1, 0.15) is 84.0 Å². The molecule has 0 bridgehead atoms. The smallest absolute Gasteiger partial charge is 0.303 e. The summed E-state index contributed by atoms with van der Waals surface area (Å²) >= 11 is 0. The topological polar surface area (TPSA) is 37.3 Å². The van der Waals surface area contributed by atoms with Gasteiger partial charge < -0.3 is 5.11 Å². The fourth-order valence-electron chi connectivity index (χ4n) is 1.94. The Morgan fingerprint density at radius 3 is 1.47 bits per heavy atom. The number of aliphatic carboxylic acids is 1. The molecular formula is C14H28CrO2. The normalized spacial score (nSPS) is 9.94. The van der Waals surface area contributed by atoms with Crippen LogP contribution in [0.4, 0.5) is 0 Å². The van der Waals surface area contributed by atoms with Crippen LogP contribution in [0.15, 0.2) is 0 Å². The molecule has 0 aromatic carbocycles. The average Bonchev–Trinajstić information content (AvgIpc) is 2.25. The quantitative estimate of drug-likeness (QED) is 0.523. The number of carbonyl (C=O) groups is 1. The fraction of sp³-hybridized carbons (Fsp3) is 0.929. The maximum Gasteiger partial charge on any atom is 0.303 e. The van der Waals surface area contributed by atoms with E-state index in [2.05, 4.69) is 6.92 Å². The number of hydrogen-bond acceptors (Lipinski definition) is 1. The van der Waals surface area contributed by atoms with Crippen LogP contribution in [0.5, 0.6) is 0 Å². The van der Waals surface area contributed by atoms with Crippen molar-refractivity contribution in [3.63, 3.8) is 0 Å². The van der Waals surface area contributed by atoms with Crippen molar-refractivity contribution in [1.82, 2.24) is 0 Å². The second kappa shape index (κ2) is 16.0. The van der Waals surface area contributed by atoms with Crippen molar-refractivity contribution in [3.05, 3.63) is 0 Å². The monoisotopic (exact) mass is 280 g/mol. The Kier molecular flexibility index (Phi) is 18.2. The van der Waals surface area contributed by atoms with Gasteiger partial charge >= 0.3 is 5.97 Å². The van der Waals surface area contributed by atoms with Gasteiger partial charge in [0, 0.05) is 23.8 Å². The molecule has 0 fully saturated rings. The molecule has 0 radical (unpaired) electrons. The molecule has 1 N–H and O–H groups in total. The molecular weight excluding hydrogens is 252 g/mol. The Labute approximate surface area is 117 Å². The first kappa shape index (κ1) is 19.3. The first-order valence-corrected chi connectivity index (χ1v) is 6.99. The van der Waals surface area contributed by atoms with Gasteiger partial charge in [0.1, 0.15) is 0 Å². The average molecular weight is 280 g/mol. The van der Waals surface area contributed by atoms with Crippen molar-refractivity contribution in [2.24, 2.45) is 0 Å². The van der Waals surface area contributed by atoms with Gasteiger partial charge in [0.25, 0.3) is 0 Å². The molecule has 2 nitrogen and oxygen atoms in total. The number of carboxylic acids is 1. The summed E-state index contributed by atoms with van der Waals surface area (Å²) in [4.78, 5) is 10.3. The van der Waals surface area contributed by atoms with Crippen LogP contribution >= 0.6 is 0 Å². The molecule has 0 amide bonds. The molecule has 17 heavy (non-hydrogen) atoms. The van der Waals surface area contributed by atoms with Gasteiger partial charge in [-0.3, -0.25) is 4.79 Å². The number of hydrogen-bond donors (Lipinski definition) is 1. The third kappa shape index (κ3) is 18.6. The molecule has 0 saturated carbocycles. The molecule has 0 unspecified atom stereocenters. The summed E-state index contributed by atoms with van der Waals surface area (Å²) in [5.41, 5.74) is 0. The minimum Gasteiger partial charge on any atom is -0.481 e. The summed E-state index contributed by atoms with van der Waals surface area (Å²) < 4.78 is 0. The molecule has 0 aromatic rings. The van der Waals surface area contributed by atoms with E-state index in [-0.39, 0.29) is 17.4 Å². The first-order chi connectivity index (χ1) is 7.77. The van der Waals surface area contributed by atoms with E-state index >= 15 is 0 Å². The standard InChI is InChI=1S/C14H28O2.Cr/c1-2-3-4-5-6-7-8-9-10-11-12-13-14(15)16;/h2-13H2,1H3,(H,15,16);. The van der Waals surface area contributed by atoms with Crippen LogP contribution in [-0.2, 0) is 22.2 Å². The van der Waals surface area contributed by atoms with Crippen LogP contribution < -0.4 is 0 Å². The molecule has 3 heteroatoms. The van der Waals surface area contributed by atoms with E-state index in [1.807, 2.05) is 0 Å². The Bertz CT molecular complexity index is 160. The minimum absolute atomic E-state index is 0. The van der Waals surface area contributed by atoms with Gasteiger partial charge in [0.2, 0.25) is 0 Å². The van der Waals surface area contributed by atoms with Crippen LogP contribution in [0.3, 0.4) is 0 Å². The molecule has 0 spiro atoms. The Hall–Kier alpha value is 0.00247. The van der Waals surface area contributed by atoms with E-state index in [4.69, 9.17) is 5.11 Å². The second-order valence-electron chi connectivity index (χ2n) is 4.68. The Balaban J connectivity index is 0. The van der Waals surface area contributed by atoms with Crippen LogP contribution in [0.2, 0.25) is 0 Å². The van der Waals surface area contributed by atoms with E-state index in [0.29, 0.717) is 6.42 Å². The fourth-order valence-corrected chi connectivity index (χ4v) is 1.94. The van der Waals surface area contributed by atoms with Crippen molar-refractivity contribution in [2.75, 3.05) is 0 Å². The van der Waals surface area contributed by atoms with Gasteiger partial charge in [-0.2, -0.15) is 0 Å². The van der Waals surface area contributed by atoms with Crippen molar-refractivity contribution in [1.29, 1.82) is 0 Å². The van der Waals surface area contributed by atoms with E-state index in [1.54, 1.807) is 0 Å². The van der Waals surface area contributed by atoms with Gasteiger partial charge in [-0.05, 0) is 6.42 Å². The molecule has 0 heterocycles. The molecule has 0 aromatic heterocycles. The summed E-state index contributed by atoms with van der Waals surface area (Å²) in [6.45, 7) is 2.25. The number of unbranched alkanes of at least 4 members (excludes halogenated alkanes) is 10. The Morgan fingerprint density at radius 2 is 1.12 bits per heavy atom. The third-order valence-corrected chi connectivity index (χ3v) is 2.99. The molecule has 0 saturated heterocycles. The van der Waals surface area contributed by atoms with E-state index in [0.717, 1.165) is 12.8 Å². The SMILES string of the molecule is CCCCCCCCCCCCCC(=O)O.[Cr]. The largest absolute Gasteiger partial charge is 0.481 e. The van der Waals surface area contributed by atoms with Crippen molar-refractivity contribution < 1.29 is 27.3 Å². The van der Waals surface area contributed by atoms with Crippen LogP contribution in [-0.4, -0.2) is 11.1 Å². The van der Waals surface area contributed by atoms with E-state index in [1.165, 1.54) is 57.8 Å². The summed E-state index contributed by atoms with van der Waals surface area (Å²) in [6.07, 6.45) is 14.4. The van der Waals surface area contributed by atoms with Gasteiger partial charge in [-0.25, -0.2) is 0 Å². The summed E-state index contributed by atoms with van der Waals surface area (Å²) in [6, 6.07) is 0. The summed E-state index contributed by atoms with van der Waals surface area (Å²) in [7, 11) is 0. The number of carboxylic acid groups (broad SMARTS) is 1. The van der Waals surface area contributed by atoms with Gasteiger partial charge in [0.15, 0.2) is 0 Å². The summed E-state index contributed by atoms with van der Waals surface area (Å²) in [5.74, 6) is -0.657. The van der Waals surface area contributed by atoms with Gasteiger partial charge in [-0.15, -0.1) is 0 Å². The molecule has 0 rings (SSSR count). The Morgan fingerprint density at radius 1 is 0.765 bits per heavy atom. The van der Waals surface area contributed by atoms with Gasteiger partial charge in [0.05, 0.1) is 0 Å².